The van der Waals surface area contributed by atoms with Crippen LogP contribution in [0.2, 0.25) is 0 Å². The maximum atomic E-state index is 14.2. The van der Waals surface area contributed by atoms with Crippen LogP contribution >= 0.6 is 0 Å². The molecule has 0 bridgehead atoms. The Balaban J connectivity index is 0.000000202. The number of fused-ring (bicyclic) bond motifs is 1. The number of halogens is 4. The van der Waals surface area contributed by atoms with Gasteiger partial charge in [-0.25, -0.2) is 41.8 Å². The molecule has 0 fully saturated rings. The van der Waals surface area contributed by atoms with Crippen LogP contribution in [0.1, 0.15) is 76.2 Å². The average molecular weight is 827 g/mol. The molecule has 2 atom stereocenters. The molecule has 4 aromatic carbocycles. The standard InChI is InChI=1S/C20H14F2N4O5.C20H16F2N4O3/c1-25-19(23-10-24-25)15(7-11-3-5-12(21)6-4-11)18(27)17-14(20(28)31-2)8-13(22)9-16(17)26(29)30;1-26-19(23-9-24-26)16-17(10-3-5-11(21)6-4-10)25-14-8-12(22)7-13(20(28)29-2)15(14)18(16)27/h3-10H,1-2H3;3-9,16-17,25H,1-2H3/b15-7-;. The highest BCUT2D eigenvalue weighted by Gasteiger charge is 2.42. The van der Waals surface area contributed by atoms with Crippen LogP contribution in [0.5, 0.6) is 0 Å². The minimum Gasteiger partial charge on any atom is -0.465 e. The summed E-state index contributed by atoms with van der Waals surface area (Å²) in [5.74, 6) is -6.63. The Kier molecular flexibility index (Phi) is 12.0. The van der Waals surface area contributed by atoms with Gasteiger partial charge in [0.15, 0.2) is 11.6 Å². The van der Waals surface area contributed by atoms with Gasteiger partial charge >= 0.3 is 11.9 Å². The van der Waals surface area contributed by atoms with E-state index in [0.717, 1.165) is 44.8 Å². The summed E-state index contributed by atoms with van der Waals surface area (Å²) < 4.78 is 66.8. The number of carbonyl (C=O) groups excluding carboxylic acids is 4. The maximum absolute atomic E-state index is 14.2. The highest BCUT2D eigenvalue weighted by molar-refractivity contribution is 6.34. The Morgan fingerprint density at radius 1 is 0.783 bits per heavy atom. The molecule has 0 aliphatic carbocycles. The molecule has 1 aliphatic heterocycles. The summed E-state index contributed by atoms with van der Waals surface area (Å²) in [5, 5.41) is 22.6. The van der Waals surface area contributed by atoms with Crippen LogP contribution in [0.3, 0.4) is 0 Å². The Hall–Kier alpha value is -7.90. The van der Waals surface area contributed by atoms with Crippen molar-refractivity contribution in [1.82, 2.24) is 29.5 Å². The van der Waals surface area contributed by atoms with E-state index in [2.05, 4.69) is 30.2 Å². The zero-order valence-electron chi connectivity index (χ0n) is 31.7. The van der Waals surface area contributed by atoms with Gasteiger partial charge in [0.2, 0.25) is 5.78 Å². The number of carbonyl (C=O) groups is 4. The number of hydrogen-bond acceptors (Lipinski definition) is 13. The van der Waals surface area contributed by atoms with Crippen molar-refractivity contribution in [2.45, 2.75) is 12.0 Å². The molecule has 7 rings (SSSR count). The molecule has 16 nitrogen and oxygen atoms in total. The summed E-state index contributed by atoms with van der Waals surface area (Å²) in [6.07, 6.45) is 3.77. The number of Topliss-reactive ketones (excluding diaryl/α,β-unsaturated/α-hetero) is 2. The van der Waals surface area contributed by atoms with Gasteiger partial charge in [0.05, 0.1) is 53.5 Å². The largest absolute Gasteiger partial charge is 0.465 e. The first kappa shape index (κ1) is 41.7. The van der Waals surface area contributed by atoms with E-state index in [1.54, 1.807) is 7.05 Å². The van der Waals surface area contributed by atoms with Gasteiger partial charge in [-0.3, -0.25) is 24.4 Å². The van der Waals surface area contributed by atoms with Gasteiger partial charge in [0.25, 0.3) is 5.69 Å². The minimum atomic E-state index is -1.13. The molecule has 1 N–H and O–H groups in total. The molecular weight excluding hydrogens is 796 g/mol. The third-order valence-corrected chi connectivity index (χ3v) is 9.22. The van der Waals surface area contributed by atoms with Crippen molar-refractivity contribution in [3.63, 3.8) is 0 Å². The van der Waals surface area contributed by atoms with E-state index in [9.17, 15) is 46.9 Å². The van der Waals surface area contributed by atoms with E-state index in [-0.39, 0.29) is 28.2 Å². The first-order valence-electron chi connectivity index (χ1n) is 17.4. The van der Waals surface area contributed by atoms with Crippen molar-refractivity contribution in [3.05, 3.63) is 164 Å². The number of aromatic nitrogens is 6. The zero-order valence-corrected chi connectivity index (χ0v) is 31.7. The lowest BCUT2D eigenvalue weighted by molar-refractivity contribution is -0.385. The van der Waals surface area contributed by atoms with Crippen LogP contribution in [-0.2, 0) is 23.6 Å². The number of anilines is 1. The smallest absolute Gasteiger partial charge is 0.338 e. The molecule has 1 aliphatic rings. The van der Waals surface area contributed by atoms with Gasteiger partial charge in [0, 0.05) is 19.8 Å². The predicted octanol–water partition coefficient (Wildman–Crippen LogP) is 6.22. The molecule has 20 heteroatoms. The molecule has 306 valence electrons. The first-order chi connectivity index (χ1) is 28.6. The van der Waals surface area contributed by atoms with E-state index in [1.165, 1.54) is 65.2 Å². The molecule has 0 amide bonds. The van der Waals surface area contributed by atoms with Crippen molar-refractivity contribution in [1.29, 1.82) is 0 Å². The van der Waals surface area contributed by atoms with Gasteiger partial charge in [-0.05, 0) is 59.7 Å². The molecule has 60 heavy (non-hydrogen) atoms. The van der Waals surface area contributed by atoms with Gasteiger partial charge in [-0.1, -0.05) is 24.3 Å². The highest BCUT2D eigenvalue weighted by Crippen LogP contribution is 2.43. The molecule has 0 spiro atoms. The Labute approximate surface area is 336 Å². The van der Waals surface area contributed by atoms with Crippen LogP contribution in [0, 0.1) is 33.4 Å². The normalized spacial score (nSPS) is 14.6. The summed E-state index contributed by atoms with van der Waals surface area (Å²) in [6, 6.07) is 13.3. The van der Waals surface area contributed by atoms with Gasteiger partial charge in [-0.2, -0.15) is 10.2 Å². The number of ketones is 2. The molecule has 2 unspecified atom stereocenters. The van der Waals surface area contributed by atoms with Crippen LogP contribution in [0.25, 0.3) is 11.6 Å². The van der Waals surface area contributed by atoms with Gasteiger partial charge < -0.3 is 14.8 Å². The Morgan fingerprint density at radius 2 is 1.35 bits per heavy atom. The zero-order chi connectivity index (χ0) is 43.4. The SMILES string of the molecule is COC(=O)c1cc(F)cc([N+](=O)[O-])c1C(=O)/C(=C/c1ccc(F)cc1)c1ncnn1C.COC(=O)c1cc(F)cc2c1C(=O)C(c1ncnn1C)C(c1ccc(F)cc1)N2. The number of ether oxygens (including phenoxy) is 2. The topological polar surface area (TPSA) is 203 Å². The molecule has 0 saturated carbocycles. The number of rotatable bonds is 9. The Morgan fingerprint density at radius 3 is 1.92 bits per heavy atom. The quantitative estimate of drug-likeness (QED) is 0.0430. The van der Waals surface area contributed by atoms with E-state index in [0.29, 0.717) is 29.1 Å². The van der Waals surface area contributed by atoms with Crippen molar-refractivity contribution >= 4 is 46.5 Å². The summed E-state index contributed by atoms with van der Waals surface area (Å²) in [4.78, 5) is 70.2. The van der Waals surface area contributed by atoms with Crippen molar-refractivity contribution in [2.24, 2.45) is 14.1 Å². The summed E-state index contributed by atoms with van der Waals surface area (Å²) in [5.41, 5.74) is -1.43. The fourth-order valence-electron chi connectivity index (χ4n) is 6.49. The second-order valence-corrected chi connectivity index (χ2v) is 12.9. The number of hydrogen-bond donors (Lipinski definition) is 1. The van der Waals surface area contributed by atoms with E-state index in [1.807, 2.05) is 0 Å². The van der Waals surface area contributed by atoms with Gasteiger partial charge in [0.1, 0.15) is 53.2 Å². The lowest BCUT2D eigenvalue weighted by atomic mass is 9.80. The summed E-state index contributed by atoms with van der Waals surface area (Å²) >= 11 is 0. The molecule has 0 saturated heterocycles. The number of methoxy groups -OCH3 is 2. The van der Waals surface area contributed by atoms with E-state index < -0.39 is 80.5 Å². The predicted molar refractivity (Wildman–Crippen MR) is 203 cm³/mol. The first-order valence-corrected chi connectivity index (χ1v) is 17.4. The van der Waals surface area contributed by atoms with E-state index in [4.69, 9.17) is 4.74 Å². The third kappa shape index (κ3) is 8.37. The number of allylic oxidation sites excluding steroid dienone is 1. The fourth-order valence-corrected chi connectivity index (χ4v) is 6.49. The Bertz CT molecular complexity index is 2700. The summed E-state index contributed by atoms with van der Waals surface area (Å²) in [7, 11) is 5.26. The molecule has 6 aromatic rings. The fraction of sp³-hybridized carbons (Fsp3) is 0.150. The van der Waals surface area contributed by atoms with Crippen molar-refractivity contribution in [2.75, 3.05) is 19.5 Å². The number of esters is 2. The third-order valence-electron chi connectivity index (χ3n) is 9.22. The van der Waals surface area contributed by atoms with Crippen LogP contribution in [0.4, 0.5) is 28.9 Å². The average Bonchev–Trinajstić information content (AvgIpc) is 3.86. The van der Waals surface area contributed by atoms with Crippen LogP contribution in [0.15, 0.2) is 85.5 Å². The van der Waals surface area contributed by atoms with Crippen LogP contribution < -0.4 is 5.32 Å². The van der Waals surface area contributed by atoms with Crippen LogP contribution in [-0.4, -0.2) is 72.2 Å². The minimum absolute atomic E-state index is 0.0174. The van der Waals surface area contributed by atoms with Crippen molar-refractivity contribution < 1.29 is 51.1 Å². The molecular formula is C40H30F4N8O8. The lowest BCUT2D eigenvalue weighted by Gasteiger charge is -2.34. The monoisotopic (exact) mass is 826 g/mol. The summed E-state index contributed by atoms with van der Waals surface area (Å²) in [6.45, 7) is 0. The molecule has 0 radical (unpaired) electrons. The second-order valence-electron chi connectivity index (χ2n) is 12.9. The number of aryl methyl sites for hydroxylation is 2. The molecule has 3 heterocycles. The number of benzene rings is 4. The highest BCUT2D eigenvalue weighted by atomic mass is 19.1. The number of nitro groups is 1. The van der Waals surface area contributed by atoms with E-state index >= 15 is 0 Å². The maximum Gasteiger partial charge on any atom is 0.338 e. The van der Waals surface area contributed by atoms with Crippen molar-refractivity contribution in [3.8, 4) is 0 Å². The second kappa shape index (κ2) is 17.3. The lowest BCUT2D eigenvalue weighted by Crippen LogP contribution is -2.35. The number of nitrogens with one attached hydrogen (secondary N) is 1. The molecule has 2 aromatic heterocycles. The number of nitrogens with zero attached hydrogens (tertiary/aromatic N) is 7. The number of nitro benzene ring substituents is 1. The van der Waals surface area contributed by atoms with Gasteiger partial charge in [-0.15, -0.1) is 0 Å².